The zero-order valence-electron chi connectivity index (χ0n) is 18.4. The molecule has 0 aliphatic rings. The number of primary amides is 1. The number of rotatable bonds is 7. The number of carbonyl (C=O) groups excluding carboxylic acids is 2. The van der Waals surface area contributed by atoms with E-state index in [2.05, 4.69) is 31.3 Å². The lowest BCUT2D eigenvalue weighted by Gasteiger charge is -2.10. The third-order valence-electron chi connectivity index (χ3n) is 5.24. The van der Waals surface area contributed by atoms with Crippen molar-refractivity contribution in [2.24, 2.45) is 5.73 Å². The fourth-order valence-corrected chi connectivity index (χ4v) is 5.79. The monoisotopic (exact) mass is 567 g/mol. The molecule has 0 spiro atoms. The largest absolute Gasteiger partial charge is 0.365 e. The van der Waals surface area contributed by atoms with Crippen LogP contribution in [0.4, 0.5) is 14.5 Å². The van der Waals surface area contributed by atoms with Crippen molar-refractivity contribution in [1.82, 2.24) is 14.8 Å². The summed E-state index contributed by atoms with van der Waals surface area (Å²) in [5.74, 6) is -1.13. The highest BCUT2D eigenvalue weighted by molar-refractivity contribution is 9.10. The number of nitrogens with two attached hydrogens (primary N) is 1. The summed E-state index contributed by atoms with van der Waals surface area (Å²) in [6.07, 6.45) is -2.71. The van der Waals surface area contributed by atoms with E-state index in [-0.39, 0.29) is 27.7 Å². The number of nitrogens with zero attached hydrogens (tertiary/aromatic N) is 3. The minimum absolute atomic E-state index is 0.0608. The lowest BCUT2D eigenvalue weighted by Crippen LogP contribution is -2.18. The van der Waals surface area contributed by atoms with E-state index in [4.69, 9.17) is 5.73 Å². The number of halogens is 3. The number of thiophene rings is 2. The fraction of sp³-hybridized carbons (Fsp3) is 0.273. The van der Waals surface area contributed by atoms with Gasteiger partial charge in [-0.15, -0.1) is 22.7 Å². The summed E-state index contributed by atoms with van der Waals surface area (Å²) in [7, 11) is 0. The highest BCUT2D eigenvalue weighted by Gasteiger charge is 2.25. The van der Waals surface area contributed by atoms with Gasteiger partial charge in [0.15, 0.2) is 0 Å². The van der Waals surface area contributed by atoms with Gasteiger partial charge < -0.3 is 11.1 Å². The van der Waals surface area contributed by atoms with Gasteiger partial charge in [0.25, 0.3) is 12.3 Å². The predicted molar refractivity (Wildman–Crippen MR) is 134 cm³/mol. The van der Waals surface area contributed by atoms with E-state index >= 15 is 0 Å². The van der Waals surface area contributed by atoms with Crippen LogP contribution in [0.1, 0.15) is 44.5 Å². The molecule has 12 heteroatoms. The van der Waals surface area contributed by atoms with Crippen molar-refractivity contribution in [3.05, 3.63) is 49.5 Å². The van der Waals surface area contributed by atoms with Gasteiger partial charge in [-0.25, -0.2) is 13.8 Å². The Morgan fingerprint density at radius 3 is 2.53 bits per heavy atom. The quantitative estimate of drug-likeness (QED) is 0.287. The average Bonchev–Trinajstić information content (AvgIpc) is 3.44. The molecule has 34 heavy (non-hydrogen) atoms. The Kier molecular flexibility index (Phi) is 6.83. The molecule has 4 heterocycles. The summed E-state index contributed by atoms with van der Waals surface area (Å²) in [6, 6.07) is 5.00. The Hall–Kier alpha value is -2.70. The molecule has 4 rings (SSSR count). The van der Waals surface area contributed by atoms with E-state index in [0.717, 1.165) is 37.0 Å². The number of amides is 2. The zero-order chi connectivity index (χ0) is 24.7. The molecule has 7 nitrogen and oxygen atoms in total. The van der Waals surface area contributed by atoms with E-state index in [1.54, 1.807) is 4.68 Å². The Balaban J connectivity index is 1.76. The van der Waals surface area contributed by atoms with E-state index in [0.29, 0.717) is 17.5 Å². The minimum atomic E-state index is -2.79. The second-order valence-electron chi connectivity index (χ2n) is 7.66. The van der Waals surface area contributed by atoms with Crippen molar-refractivity contribution in [1.29, 1.82) is 0 Å². The van der Waals surface area contributed by atoms with Gasteiger partial charge in [0, 0.05) is 32.8 Å². The molecule has 2 amide bonds. The molecule has 0 radical (unpaired) electrons. The van der Waals surface area contributed by atoms with Crippen molar-refractivity contribution in [2.75, 3.05) is 5.32 Å². The van der Waals surface area contributed by atoms with Crippen LogP contribution in [0.5, 0.6) is 0 Å². The molecule has 0 bridgehead atoms. The van der Waals surface area contributed by atoms with Crippen molar-refractivity contribution in [3.8, 4) is 10.4 Å². The van der Waals surface area contributed by atoms with Crippen molar-refractivity contribution in [2.45, 2.75) is 40.2 Å². The Morgan fingerprint density at radius 1 is 1.24 bits per heavy atom. The van der Waals surface area contributed by atoms with Gasteiger partial charge in [-0.1, -0.05) is 0 Å². The van der Waals surface area contributed by atoms with Crippen molar-refractivity contribution >= 4 is 66.3 Å². The lowest BCUT2D eigenvalue weighted by molar-refractivity contribution is -0.116. The summed E-state index contributed by atoms with van der Waals surface area (Å²) in [4.78, 5) is 31.1. The predicted octanol–water partition coefficient (Wildman–Crippen LogP) is 5.97. The number of nitrogens with one attached hydrogen (secondary N) is 1. The summed E-state index contributed by atoms with van der Waals surface area (Å²) >= 11 is 5.77. The average molecular weight is 568 g/mol. The topological polar surface area (TPSA) is 103 Å². The molecule has 0 aliphatic carbocycles. The SMILES string of the molecule is Cc1ccc(-c2cc(C(F)F)nc3sc(C(N)=O)c(NC(=O)CCn4nc(C)c(Br)c4C)c23)s1. The number of hydrogen-bond donors (Lipinski definition) is 2. The van der Waals surface area contributed by atoms with Crippen LogP contribution in [0.2, 0.25) is 0 Å². The third kappa shape index (κ3) is 4.62. The van der Waals surface area contributed by atoms with E-state index in [1.807, 2.05) is 32.9 Å². The van der Waals surface area contributed by atoms with Gasteiger partial charge >= 0.3 is 0 Å². The van der Waals surface area contributed by atoms with E-state index in [1.165, 1.54) is 17.4 Å². The van der Waals surface area contributed by atoms with Crippen LogP contribution in [0.15, 0.2) is 22.7 Å². The first-order chi connectivity index (χ1) is 16.1. The molecular weight excluding hydrogens is 548 g/mol. The molecule has 0 aromatic carbocycles. The molecule has 0 saturated carbocycles. The van der Waals surface area contributed by atoms with Crippen LogP contribution >= 0.6 is 38.6 Å². The maximum Gasteiger partial charge on any atom is 0.280 e. The molecule has 178 valence electrons. The summed E-state index contributed by atoms with van der Waals surface area (Å²) in [5, 5.41) is 7.60. The lowest BCUT2D eigenvalue weighted by atomic mass is 10.1. The van der Waals surface area contributed by atoms with Crippen molar-refractivity contribution < 1.29 is 18.4 Å². The number of aromatic nitrogens is 3. The fourth-order valence-electron chi connectivity index (χ4n) is 3.60. The second kappa shape index (κ2) is 9.51. The van der Waals surface area contributed by atoms with Gasteiger partial charge in [0.2, 0.25) is 5.91 Å². The standard InChI is InChI=1S/C22H20BrF2N5O2S2/c1-9-4-5-14(33-9)12-8-13(20(24)25)27-22-16(12)18(19(34-22)21(26)32)28-15(31)6-7-30-11(3)17(23)10(2)29-30/h4-5,8,20H,6-7H2,1-3H3,(H2,26,32)(H,28,31). The molecule has 0 saturated heterocycles. The molecule has 0 atom stereocenters. The van der Waals surface area contributed by atoms with Crippen molar-refractivity contribution in [3.63, 3.8) is 0 Å². The van der Waals surface area contributed by atoms with Gasteiger partial charge in [0.05, 0.1) is 22.4 Å². The van der Waals surface area contributed by atoms with Gasteiger partial charge in [-0.05, 0) is 54.9 Å². The van der Waals surface area contributed by atoms with Crippen LogP contribution in [-0.4, -0.2) is 26.6 Å². The maximum absolute atomic E-state index is 13.6. The number of fused-ring (bicyclic) bond motifs is 1. The Labute approximate surface area is 210 Å². The number of anilines is 1. The van der Waals surface area contributed by atoms with E-state index < -0.39 is 18.0 Å². The van der Waals surface area contributed by atoms with Crippen LogP contribution in [-0.2, 0) is 11.3 Å². The number of carbonyl (C=O) groups is 2. The Bertz CT molecular complexity index is 1430. The first kappa shape index (κ1) is 24.4. The van der Waals surface area contributed by atoms with Gasteiger partial charge in [0.1, 0.15) is 15.4 Å². The number of pyridine rings is 1. The highest BCUT2D eigenvalue weighted by atomic mass is 79.9. The summed E-state index contributed by atoms with van der Waals surface area (Å²) < 4.78 is 29.7. The maximum atomic E-state index is 13.6. The molecule has 3 N–H and O–H groups in total. The van der Waals surface area contributed by atoms with Crippen LogP contribution < -0.4 is 11.1 Å². The van der Waals surface area contributed by atoms with Crippen LogP contribution in [0.3, 0.4) is 0 Å². The molecule has 0 unspecified atom stereocenters. The molecular formula is C22H20BrF2N5O2S2. The first-order valence-electron chi connectivity index (χ1n) is 10.2. The Morgan fingerprint density at radius 2 is 1.97 bits per heavy atom. The first-order valence-corrected chi connectivity index (χ1v) is 12.6. The van der Waals surface area contributed by atoms with Gasteiger partial charge in [-0.3, -0.25) is 14.3 Å². The summed E-state index contributed by atoms with van der Waals surface area (Å²) in [5.41, 5.74) is 7.55. The smallest absolute Gasteiger partial charge is 0.280 e. The van der Waals surface area contributed by atoms with Gasteiger partial charge in [-0.2, -0.15) is 5.10 Å². The molecule has 4 aromatic heterocycles. The van der Waals surface area contributed by atoms with Crippen LogP contribution in [0, 0.1) is 20.8 Å². The third-order valence-corrected chi connectivity index (χ3v) is 8.52. The number of alkyl halides is 2. The second-order valence-corrected chi connectivity index (χ2v) is 10.7. The normalized spacial score (nSPS) is 11.5. The van der Waals surface area contributed by atoms with E-state index in [9.17, 15) is 18.4 Å². The molecule has 0 fully saturated rings. The number of aryl methyl sites for hydroxylation is 3. The molecule has 4 aromatic rings. The number of hydrogen-bond acceptors (Lipinski definition) is 6. The van der Waals surface area contributed by atoms with Crippen LogP contribution in [0.25, 0.3) is 20.7 Å². The summed E-state index contributed by atoms with van der Waals surface area (Å²) in [6.45, 7) is 5.98. The zero-order valence-corrected chi connectivity index (χ0v) is 21.6. The minimum Gasteiger partial charge on any atom is -0.365 e. The molecule has 0 aliphatic heterocycles. The highest BCUT2D eigenvalue weighted by Crippen LogP contribution is 2.44.